The van der Waals surface area contributed by atoms with E-state index < -0.39 is 17.7 Å². The van der Waals surface area contributed by atoms with Crippen molar-refractivity contribution in [1.29, 1.82) is 0 Å². The highest BCUT2D eigenvalue weighted by atomic mass is 19.1. The molecule has 0 spiro atoms. The minimum Gasteiger partial charge on any atom is -0.335 e. The molecule has 1 aromatic carbocycles. The number of imidazole rings is 1. The van der Waals surface area contributed by atoms with E-state index in [-0.39, 0.29) is 18.0 Å². The van der Waals surface area contributed by atoms with Crippen molar-refractivity contribution in [3.05, 3.63) is 54.1 Å². The normalized spacial score (nSPS) is 12.2. The summed E-state index contributed by atoms with van der Waals surface area (Å²) in [5.74, 6) is -1.22. The number of rotatable bonds is 3. The van der Waals surface area contributed by atoms with Gasteiger partial charge in [-0.15, -0.1) is 0 Å². The molecular weight excluding hydrogens is 252 g/mol. The summed E-state index contributed by atoms with van der Waals surface area (Å²) in [5, 5.41) is 2.64. The second-order valence-corrected chi connectivity index (χ2v) is 4.22. The number of aromatic nitrogens is 2. The molecular formula is C13H13F2N3O. The second kappa shape index (κ2) is 5.60. The average Bonchev–Trinajstić information content (AvgIpc) is 2.88. The summed E-state index contributed by atoms with van der Waals surface area (Å²) in [5.41, 5.74) is -0.0269. The van der Waals surface area contributed by atoms with Crippen molar-refractivity contribution < 1.29 is 13.6 Å². The van der Waals surface area contributed by atoms with Crippen LogP contribution in [-0.4, -0.2) is 21.6 Å². The smallest absolute Gasteiger partial charge is 0.327 e. The van der Waals surface area contributed by atoms with E-state index in [4.69, 9.17) is 0 Å². The third kappa shape index (κ3) is 3.15. The van der Waals surface area contributed by atoms with Gasteiger partial charge in [0.25, 0.3) is 0 Å². The predicted octanol–water partition coefficient (Wildman–Crippen LogP) is 2.35. The van der Waals surface area contributed by atoms with Crippen molar-refractivity contribution in [2.75, 3.05) is 0 Å². The van der Waals surface area contributed by atoms with Crippen molar-refractivity contribution in [2.24, 2.45) is 0 Å². The molecule has 1 aromatic heterocycles. The van der Waals surface area contributed by atoms with E-state index in [1.54, 1.807) is 6.92 Å². The van der Waals surface area contributed by atoms with Crippen LogP contribution in [0.5, 0.6) is 0 Å². The van der Waals surface area contributed by atoms with E-state index in [2.05, 4.69) is 10.3 Å². The summed E-state index contributed by atoms with van der Waals surface area (Å²) in [6.45, 7) is 1.68. The van der Waals surface area contributed by atoms with Gasteiger partial charge in [0.05, 0.1) is 0 Å². The molecule has 0 saturated carbocycles. The Morgan fingerprint density at radius 1 is 1.42 bits per heavy atom. The molecule has 0 fully saturated rings. The molecule has 0 radical (unpaired) electrons. The molecule has 1 heterocycles. The Kier molecular flexibility index (Phi) is 3.89. The first-order chi connectivity index (χ1) is 9.08. The highest BCUT2D eigenvalue weighted by Gasteiger charge is 2.14. The fourth-order valence-electron chi connectivity index (χ4n) is 1.75. The molecule has 0 aliphatic heterocycles. The van der Waals surface area contributed by atoms with Gasteiger partial charge >= 0.3 is 6.03 Å². The summed E-state index contributed by atoms with van der Waals surface area (Å²) >= 11 is 0. The van der Waals surface area contributed by atoms with Gasteiger partial charge in [-0.2, -0.15) is 0 Å². The largest absolute Gasteiger partial charge is 0.335 e. The van der Waals surface area contributed by atoms with Crippen LogP contribution in [0.3, 0.4) is 0 Å². The lowest BCUT2D eigenvalue weighted by atomic mass is 10.1. The van der Waals surface area contributed by atoms with Crippen LogP contribution in [0, 0.1) is 11.6 Å². The van der Waals surface area contributed by atoms with Crippen LogP contribution in [-0.2, 0) is 6.42 Å². The first kappa shape index (κ1) is 13.2. The van der Waals surface area contributed by atoms with Gasteiger partial charge in [-0.05, 0) is 25.5 Å². The molecule has 6 heteroatoms. The highest BCUT2D eigenvalue weighted by molar-refractivity contribution is 5.76. The molecule has 1 amide bonds. The van der Waals surface area contributed by atoms with Crippen molar-refractivity contribution in [3.63, 3.8) is 0 Å². The third-order valence-electron chi connectivity index (χ3n) is 2.68. The van der Waals surface area contributed by atoms with E-state index in [9.17, 15) is 13.6 Å². The maximum Gasteiger partial charge on any atom is 0.327 e. The van der Waals surface area contributed by atoms with E-state index in [0.717, 1.165) is 0 Å². The number of hydrogen-bond donors (Lipinski definition) is 1. The number of nitrogens with one attached hydrogen (secondary N) is 1. The molecule has 0 aliphatic carbocycles. The zero-order valence-electron chi connectivity index (χ0n) is 10.3. The molecule has 2 aromatic rings. The molecule has 0 saturated heterocycles. The summed E-state index contributed by atoms with van der Waals surface area (Å²) in [4.78, 5) is 15.4. The van der Waals surface area contributed by atoms with Crippen LogP contribution < -0.4 is 5.32 Å². The Balaban J connectivity index is 2.02. The van der Waals surface area contributed by atoms with E-state index >= 15 is 0 Å². The Bertz CT molecular complexity index is 549. The molecule has 100 valence electrons. The monoisotopic (exact) mass is 265 g/mol. The van der Waals surface area contributed by atoms with Crippen LogP contribution in [0.4, 0.5) is 13.6 Å². The lowest BCUT2D eigenvalue weighted by molar-refractivity contribution is 0.239. The van der Waals surface area contributed by atoms with Gasteiger partial charge < -0.3 is 5.32 Å². The number of nitrogens with zero attached hydrogens (tertiary/aromatic N) is 2. The van der Waals surface area contributed by atoms with Crippen molar-refractivity contribution in [3.8, 4) is 0 Å². The van der Waals surface area contributed by atoms with Gasteiger partial charge in [0.15, 0.2) is 0 Å². The number of carbonyl (C=O) groups excluding carboxylic acids is 1. The van der Waals surface area contributed by atoms with Gasteiger partial charge in [-0.1, -0.05) is 6.07 Å². The van der Waals surface area contributed by atoms with Gasteiger partial charge in [-0.3, -0.25) is 4.57 Å². The minimum atomic E-state index is -0.608. The zero-order chi connectivity index (χ0) is 13.8. The van der Waals surface area contributed by atoms with E-state index in [1.807, 2.05) is 0 Å². The molecule has 0 aliphatic rings. The first-order valence-corrected chi connectivity index (χ1v) is 5.79. The van der Waals surface area contributed by atoms with Crippen LogP contribution in [0.15, 0.2) is 36.9 Å². The highest BCUT2D eigenvalue weighted by Crippen LogP contribution is 2.14. The maximum absolute atomic E-state index is 13.5. The number of hydrogen-bond acceptors (Lipinski definition) is 2. The minimum absolute atomic E-state index is 0.0269. The third-order valence-corrected chi connectivity index (χ3v) is 2.68. The number of benzene rings is 1. The lowest BCUT2D eigenvalue weighted by Crippen LogP contribution is -2.37. The van der Waals surface area contributed by atoms with Gasteiger partial charge in [0.1, 0.15) is 18.0 Å². The van der Waals surface area contributed by atoms with Gasteiger partial charge in [0, 0.05) is 24.0 Å². The standard InChI is InChI=1S/C13H13F2N3O/c1-9(17-13(19)18-6-5-16-8-18)7-10-11(14)3-2-4-12(10)15/h2-6,8-9H,7H2,1H3,(H,17,19). The zero-order valence-corrected chi connectivity index (χ0v) is 10.3. The molecule has 4 nitrogen and oxygen atoms in total. The quantitative estimate of drug-likeness (QED) is 0.926. The van der Waals surface area contributed by atoms with Crippen LogP contribution in [0.1, 0.15) is 12.5 Å². The second-order valence-electron chi connectivity index (χ2n) is 4.22. The summed E-state index contributed by atoms with van der Waals surface area (Å²) in [7, 11) is 0. The Morgan fingerprint density at radius 2 is 2.11 bits per heavy atom. The SMILES string of the molecule is CC(Cc1c(F)cccc1F)NC(=O)n1ccnc1. The van der Waals surface area contributed by atoms with Crippen LogP contribution >= 0.6 is 0 Å². The maximum atomic E-state index is 13.5. The van der Waals surface area contributed by atoms with Gasteiger partial charge in [-0.25, -0.2) is 18.6 Å². The fraction of sp³-hybridized carbons (Fsp3) is 0.231. The molecule has 1 unspecified atom stereocenters. The van der Waals surface area contributed by atoms with Crippen LogP contribution in [0.25, 0.3) is 0 Å². The summed E-state index contributed by atoms with van der Waals surface area (Å²) in [6, 6.07) is 2.91. The van der Waals surface area contributed by atoms with Crippen molar-refractivity contribution in [1.82, 2.24) is 14.9 Å². The summed E-state index contributed by atoms with van der Waals surface area (Å²) < 4.78 is 28.2. The summed E-state index contributed by atoms with van der Waals surface area (Å²) in [6.07, 6.45) is 4.40. The topological polar surface area (TPSA) is 46.9 Å². The Hall–Kier alpha value is -2.24. The molecule has 2 rings (SSSR count). The number of halogens is 2. The molecule has 0 bridgehead atoms. The Labute approximate surface area is 109 Å². The van der Waals surface area contributed by atoms with Gasteiger partial charge in [0.2, 0.25) is 0 Å². The van der Waals surface area contributed by atoms with E-state index in [0.29, 0.717) is 0 Å². The number of amides is 1. The molecule has 1 atom stereocenters. The van der Waals surface area contributed by atoms with Crippen LogP contribution in [0.2, 0.25) is 0 Å². The Morgan fingerprint density at radius 3 is 2.68 bits per heavy atom. The predicted molar refractivity (Wildman–Crippen MR) is 65.7 cm³/mol. The van der Waals surface area contributed by atoms with Crippen molar-refractivity contribution >= 4 is 6.03 Å². The number of carbonyl (C=O) groups is 1. The van der Waals surface area contributed by atoms with E-state index in [1.165, 1.54) is 41.5 Å². The van der Waals surface area contributed by atoms with Crippen molar-refractivity contribution in [2.45, 2.75) is 19.4 Å². The molecule has 1 N–H and O–H groups in total. The lowest BCUT2D eigenvalue weighted by Gasteiger charge is -2.14. The fourth-order valence-corrected chi connectivity index (χ4v) is 1.75. The average molecular weight is 265 g/mol. The molecule has 19 heavy (non-hydrogen) atoms. The first-order valence-electron chi connectivity index (χ1n) is 5.79.